The second kappa shape index (κ2) is 11.4. The number of hydrogen-bond acceptors (Lipinski definition) is 4. The van der Waals surface area contributed by atoms with Gasteiger partial charge in [0.15, 0.2) is 0 Å². The molecule has 0 aliphatic carbocycles. The maximum absolute atomic E-state index is 12.3. The van der Waals surface area contributed by atoms with Gasteiger partial charge in [-0.1, -0.05) is 36.2 Å². The number of carboxylic acid groups (broad SMARTS) is 1. The molecule has 0 radical (unpaired) electrons. The van der Waals surface area contributed by atoms with Gasteiger partial charge in [-0.3, -0.25) is 9.58 Å². The van der Waals surface area contributed by atoms with Crippen molar-refractivity contribution >= 4 is 28.5 Å². The van der Waals surface area contributed by atoms with Crippen LogP contribution in [0.2, 0.25) is 5.02 Å². The lowest BCUT2D eigenvalue weighted by atomic mass is 9.98. The molecule has 0 spiro atoms. The molecular formula is C31H37ClN4O3. The van der Waals surface area contributed by atoms with Crippen molar-refractivity contribution in [3.8, 4) is 16.9 Å². The van der Waals surface area contributed by atoms with E-state index in [1.807, 2.05) is 49.8 Å². The first-order chi connectivity index (χ1) is 18.7. The van der Waals surface area contributed by atoms with E-state index in [-0.39, 0.29) is 5.69 Å². The van der Waals surface area contributed by atoms with Crippen LogP contribution in [0, 0.1) is 20.8 Å². The molecule has 2 aromatic heterocycles. The van der Waals surface area contributed by atoms with Gasteiger partial charge in [0.25, 0.3) is 0 Å². The van der Waals surface area contributed by atoms with Gasteiger partial charge in [0, 0.05) is 40.8 Å². The minimum absolute atomic E-state index is 0.245. The van der Waals surface area contributed by atoms with Gasteiger partial charge in [0.05, 0.1) is 17.8 Å². The fraction of sp³-hybridized carbons (Fsp3) is 0.419. The van der Waals surface area contributed by atoms with E-state index < -0.39 is 5.97 Å². The molecule has 206 valence electrons. The minimum atomic E-state index is -0.950. The van der Waals surface area contributed by atoms with E-state index in [1.165, 1.54) is 19.3 Å². The number of hydrogen-bond donors (Lipinski definition) is 2. The number of piperidine rings is 1. The van der Waals surface area contributed by atoms with Gasteiger partial charge in [-0.15, -0.1) is 0 Å². The molecule has 0 atom stereocenters. The highest BCUT2D eigenvalue weighted by atomic mass is 35.5. The van der Waals surface area contributed by atoms with E-state index in [9.17, 15) is 9.90 Å². The van der Waals surface area contributed by atoms with E-state index in [2.05, 4.69) is 22.9 Å². The Labute approximate surface area is 234 Å². The van der Waals surface area contributed by atoms with Crippen molar-refractivity contribution in [3.63, 3.8) is 0 Å². The molecule has 3 heterocycles. The molecule has 0 unspecified atom stereocenters. The van der Waals surface area contributed by atoms with Crippen LogP contribution in [0.3, 0.4) is 0 Å². The van der Waals surface area contributed by atoms with E-state index in [4.69, 9.17) is 21.4 Å². The van der Waals surface area contributed by atoms with Crippen molar-refractivity contribution in [3.05, 3.63) is 69.1 Å². The van der Waals surface area contributed by atoms with Crippen molar-refractivity contribution in [2.45, 2.75) is 59.4 Å². The monoisotopic (exact) mass is 548 g/mol. The molecule has 5 rings (SSSR count). The summed E-state index contributed by atoms with van der Waals surface area (Å²) in [6.07, 6.45) is 5.00. The van der Waals surface area contributed by atoms with Crippen molar-refractivity contribution in [1.29, 1.82) is 0 Å². The Morgan fingerprint density at radius 3 is 2.54 bits per heavy atom. The number of rotatable bonds is 9. The Morgan fingerprint density at radius 1 is 1.13 bits per heavy atom. The van der Waals surface area contributed by atoms with Crippen molar-refractivity contribution < 1.29 is 14.6 Å². The summed E-state index contributed by atoms with van der Waals surface area (Å²) in [7, 11) is 1.98. The average molecular weight is 549 g/mol. The molecule has 8 heteroatoms. The lowest BCUT2D eigenvalue weighted by molar-refractivity contribution is 0.0690. The number of aromatic amines is 1. The van der Waals surface area contributed by atoms with Gasteiger partial charge >= 0.3 is 5.97 Å². The number of nitrogens with zero attached hydrogens (tertiary/aromatic N) is 3. The molecule has 39 heavy (non-hydrogen) atoms. The fourth-order valence-electron chi connectivity index (χ4n) is 5.82. The Bertz CT molecular complexity index is 1490. The number of para-hydroxylation sites is 1. The third-order valence-electron chi connectivity index (χ3n) is 7.90. The Balaban J connectivity index is 1.43. The highest BCUT2D eigenvalue weighted by Gasteiger charge is 2.24. The number of carboxylic acids is 1. The number of benzene rings is 2. The predicted octanol–water partition coefficient (Wildman–Crippen LogP) is 6.84. The van der Waals surface area contributed by atoms with Crippen molar-refractivity contribution in [1.82, 2.24) is 19.7 Å². The number of fused-ring (bicyclic) bond motifs is 1. The van der Waals surface area contributed by atoms with Gasteiger partial charge in [-0.25, -0.2) is 4.79 Å². The fourth-order valence-corrected chi connectivity index (χ4v) is 5.93. The number of likely N-dealkylation sites (tertiary alicyclic amines) is 1. The van der Waals surface area contributed by atoms with E-state index >= 15 is 0 Å². The number of carbonyl (C=O) groups is 1. The second-order valence-electron chi connectivity index (χ2n) is 10.7. The predicted molar refractivity (Wildman–Crippen MR) is 156 cm³/mol. The van der Waals surface area contributed by atoms with E-state index in [0.29, 0.717) is 19.4 Å². The van der Waals surface area contributed by atoms with Crippen LogP contribution in [-0.4, -0.2) is 50.4 Å². The SMILES string of the molecule is Cc1cc(OCCCc2c(C(=O)O)[nH]c3c(-c4c(CN5CCCCC5)nn(C)c4C)cccc23)cc(C)c1Cl. The van der Waals surface area contributed by atoms with Gasteiger partial charge in [-0.2, -0.15) is 5.10 Å². The average Bonchev–Trinajstić information content (AvgIpc) is 3.42. The molecule has 1 aliphatic rings. The summed E-state index contributed by atoms with van der Waals surface area (Å²) < 4.78 is 7.94. The van der Waals surface area contributed by atoms with Gasteiger partial charge in [-0.05, 0) is 88.4 Å². The largest absolute Gasteiger partial charge is 0.494 e. The summed E-state index contributed by atoms with van der Waals surface area (Å²) in [6.45, 7) is 9.47. The number of aromatic nitrogens is 3. The summed E-state index contributed by atoms with van der Waals surface area (Å²) in [5, 5.41) is 16.7. The molecule has 1 saturated heterocycles. The quantitative estimate of drug-likeness (QED) is 0.224. The molecule has 4 aromatic rings. The molecule has 0 amide bonds. The van der Waals surface area contributed by atoms with Crippen molar-refractivity contribution in [2.24, 2.45) is 7.05 Å². The van der Waals surface area contributed by atoms with Crippen molar-refractivity contribution in [2.75, 3.05) is 19.7 Å². The standard InChI is InChI=1S/C31H37ClN4O3/c1-19-16-22(17-20(2)28(19)32)39-15-9-12-24-23-10-8-11-25(29(23)33-30(24)31(37)38)27-21(3)35(4)34-26(27)18-36-13-6-5-7-14-36/h8,10-11,16-17,33H,5-7,9,12-15,18H2,1-4H3,(H,37,38). The summed E-state index contributed by atoms with van der Waals surface area (Å²) in [5.74, 6) is -0.171. The van der Waals surface area contributed by atoms with Crippen LogP contribution in [0.4, 0.5) is 0 Å². The number of H-pyrrole nitrogens is 1. The Hall–Kier alpha value is -3.29. The molecule has 1 fully saturated rings. The molecule has 2 aromatic carbocycles. The van der Waals surface area contributed by atoms with Crippen LogP contribution in [0.25, 0.3) is 22.0 Å². The third-order valence-corrected chi connectivity index (χ3v) is 8.50. The summed E-state index contributed by atoms with van der Waals surface area (Å²) in [5.41, 5.74) is 8.08. The maximum Gasteiger partial charge on any atom is 0.352 e. The summed E-state index contributed by atoms with van der Waals surface area (Å²) >= 11 is 6.29. The van der Waals surface area contributed by atoms with E-state index in [0.717, 1.165) is 80.5 Å². The number of ether oxygens (including phenoxy) is 1. The molecule has 1 aliphatic heterocycles. The Morgan fingerprint density at radius 2 is 1.85 bits per heavy atom. The zero-order valence-electron chi connectivity index (χ0n) is 23.2. The van der Waals surface area contributed by atoms with Gasteiger partial charge in [0.2, 0.25) is 0 Å². The van der Waals surface area contributed by atoms with Crippen LogP contribution >= 0.6 is 11.6 Å². The van der Waals surface area contributed by atoms with Crippen LogP contribution in [0.5, 0.6) is 5.75 Å². The molecule has 2 N–H and O–H groups in total. The normalized spacial score (nSPS) is 14.3. The lowest BCUT2D eigenvalue weighted by Crippen LogP contribution is -2.29. The minimum Gasteiger partial charge on any atom is -0.494 e. The topological polar surface area (TPSA) is 83.4 Å². The smallest absolute Gasteiger partial charge is 0.352 e. The number of halogens is 1. The van der Waals surface area contributed by atoms with Gasteiger partial charge < -0.3 is 14.8 Å². The number of aromatic carboxylic acids is 1. The van der Waals surface area contributed by atoms with E-state index in [1.54, 1.807) is 0 Å². The lowest BCUT2D eigenvalue weighted by Gasteiger charge is -2.26. The third kappa shape index (κ3) is 5.56. The summed E-state index contributed by atoms with van der Waals surface area (Å²) in [6, 6.07) is 9.99. The maximum atomic E-state index is 12.3. The van der Waals surface area contributed by atoms with Gasteiger partial charge in [0.1, 0.15) is 11.4 Å². The second-order valence-corrected chi connectivity index (χ2v) is 11.1. The number of nitrogens with one attached hydrogen (secondary N) is 1. The highest BCUT2D eigenvalue weighted by molar-refractivity contribution is 6.32. The number of aryl methyl sites for hydroxylation is 4. The molecule has 0 saturated carbocycles. The zero-order chi connectivity index (χ0) is 27.7. The Kier molecular flexibility index (Phi) is 8.01. The molecule has 0 bridgehead atoms. The van der Waals surface area contributed by atoms with Crippen LogP contribution in [0.1, 0.15) is 64.2 Å². The van der Waals surface area contributed by atoms with Crippen LogP contribution in [-0.2, 0) is 20.0 Å². The molecular weight excluding hydrogens is 512 g/mol. The molecule has 7 nitrogen and oxygen atoms in total. The first-order valence-corrected chi connectivity index (χ1v) is 14.1. The first kappa shape index (κ1) is 27.3. The highest BCUT2D eigenvalue weighted by Crippen LogP contribution is 2.36. The van der Waals surface area contributed by atoms with Crippen LogP contribution in [0.15, 0.2) is 30.3 Å². The zero-order valence-corrected chi connectivity index (χ0v) is 24.0. The summed E-state index contributed by atoms with van der Waals surface area (Å²) in [4.78, 5) is 18.0. The first-order valence-electron chi connectivity index (χ1n) is 13.8. The van der Waals surface area contributed by atoms with Crippen LogP contribution < -0.4 is 4.74 Å².